The molecule has 0 spiro atoms. The van der Waals surface area contributed by atoms with Gasteiger partial charge < -0.3 is 10.2 Å². The number of rotatable bonds is 5. The maximum atomic E-state index is 12.4. The first-order valence-electron chi connectivity index (χ1n) is 11.1. The average molecular weight is 444 g/mol. The lowest BCUT2D eigenvalue weighted by atomic mass is 9.70. The van der Waals surface area contributed by atoms with Crippen LogP contribution in [-0.4, -0.2) is 41.2 Å². The first-order valence-corrected chi connectivity index (χ1v) is 11.9. The van der Waals surface area contributed by atoms with Crippen molar-refractivity contribution in [2.24, 2.45) is 17.8 Å². The lowest BCUT2D eigenvalue weighted by Gasteiger charge is -2.40. The Morgan fingerprint density at radius 2 is 1.77 bits per heavy atom. The van der Waals surface area contributed by atoms with Gasteiger partial charge >= 0.3 is 6.43 Å². The molecule has 2 heterocycles. The van der Waals surface area contributed by atoms with E-state index in [0.717, 1.165) is 29.6 Å². The van der Waals surface area contributed by atoms with Crippen LogP contribution in [0.3, 0.4) is 0 Å². The molecule has 1 N–H and O–H groups in total. The molecule has 5 nitrogen and oxygen atoms in total. The van der Waals surface area contributed by atoms with Gasteiger partial charge in [0.1, 0.15) is 0 Å². The van der Waals surface area contributed by atoms with Crippen LogP contribution in [0.25, 0.3) is 0 Å². The molecule has 0 radical (unpaired) electrons. The third-order valence-electron chi connectivity index (χ3n) is 6.27. The van der Waals surface area contributed by atoms with Crippen LogP contribution in [0, 0.1) is 24.7 Å². The summed E-state index contributed by atoms with van der Waals surface area (Å²) >= 11 is 1.47. The van der Waals surface area contributed by atoms with Crippen molar-refractivity contribution in [2.75, 3.05) is 18.4 Å². The Hall–Kier alpha value is -1.57. The summed E-state index contributed by atoms with van der Waals surface area (Å²) < 4.78 is 24.9. The number of hydrogen-bond acceptors (Lipinski definition) is 4. The molecule has 1 aromatic rings. The Kier molecular flexibility index (Phi) is 10.1. The molecule has 1 atom stereocenters. The van der Waals surface area contributed by atoms with E-state index in [2.05, 4.69) is 17.2 Å². The van der Waals surface area contributed by atoms with Crippen LogP contribution in [0.2, 0.25) is 0 Å². The smallest absolute Gasteiger partial charge is 0.315 e. The quantitative estimate of drug-likeness (QED) is 0.653. The molecule has 0 bridgehead atoms. The minimum Gasteiger partial charge on any atom is -0.338 e. The van der Waals surface area contributed by atoms with Gasteiger partial charge in [-0.05, 0) is 37.5 Å². The molecule has 1 saturated heterocycles. The van der Waals surface area contributed by atoms with Crippen LogP contribution in [0.5, 0.6) is 0 Å². The van der Waals surface area contributed by atoms with E-state index in [9.17, 15) is 18.4 Å². The normalized spacial score (nSPS) is 19.2. The van der Waals surface area contributed by atoms with Crippen molar-refractivity contribution in [3.63, 3.8) is 0 Å². The number of nitrogens with zero attached hydrogens (tertiary/aromatic N) is 2. The van der Waals surface area contributed by atoms with Crippen LogP contribution in [0.15, 0.2) is 6.20 Å². The molecule has 1 aliphatic heterocycles. The van der Waals surface area contributed by atoms with E-state index in [1.54, 1.807) is 6.20 Å². The van der Waals surface area contributed by atoms with Gasteiger partial charge in [-0.15, -0.1) is 11.3 Å². The van der Waals surface area contributed by atoms with Crippen molar-refractivity contribution in [3.05, 3.63) is 11.1 Å². The zero-order chi connectivity index (χ0) is 22.1. The summed E-state index contributed by atoms with van der Waals surface area (Å²) in [4.78, 5) is 28.2. The summed E-state index contributed by atoms with van der Waals surface area (Å²) in [5.41, 5.74) is 0. The third kappa shape index (κ3) is 7.60. The van der Waals surface area contributed by atoms with Crippen molar-refractivity contribution in [3.8, 4) is 0 Å². The van der Waals surface area contributed by atoms with Crippen molar-refractivity contribution >= 4 is 28.3 Å². The number of likely N-dealkylation sites (tertiary alicyclic amines) is 1. The molecule has 2 fully saturated rings. The standard InChI is InChI=1S/C16H27F2NO.C6H8N2OS/c1-2-14(12-6-4-3-5-7-12)13-8-10-19(11-9-13)16(20)15(17)18;1-4-3-7-6(10-4)8-5(2)9/h12-15H,2-11H2,1H3;3H,1-2H3,(H,7,8,9)/t14-;/m0./s1. The van der Waals surface area contributed by atoms with Crippen LogP contribution >= 0.6 is 11.3 Å². The second kappa shape index (κ2) is 12.3. The van der Waals surface area contributed by atoms with Gasteiger partial charge in [-0.1, -0.05) is 45.4 Å². The topological polar surface area (TPSA) is 62.3 Å². The van der Waals surface area contributed by atoms with Crippen molar-refractivity contribution in [1.82, 2.24) is 9.88 Å². The Bertz CT molecular complexity index is 669. The third-order valence-corrected chi connectivity index (χ3v) is 7.10. The van der Waals surface area contributed by atoms with E-state index in [1.807, 2.05) is 6.92 Å². The number of amides is 2. The number of alkyl halides is 2. The van der Waals surface area contributed by atoms with Gasteiger partial charge in [0.25, 0.3) is 5.91 Å². The van der Waals surface area contributed by atoms with Gasteiger partial charge in [-0.3, -0.25) is 9.59 Å². The van der Waals surface area contributed by atoms with E-state index >= 15 is 0 Å². The summed E-state index contributed by atoms with van der Waals surface area (Å²) in [5, 5.41) is 3.27. The number of carbonyl (C=O) groups excluding carboxylic acids is 2. The molecule has 1 aliphatic carbocycles. The molecule has 30 heavy (non-hydrogen) atoms. The lowest BCUT2D eigenvalue weighted by Crippen LogP contribution is -2.43. The summed E-state index contributed by atoms with van der Waals surface area (Å²) in [5.74, 6) is 1.14. The van der Waals surface area contributed by atoms with E-state index < -0.39 is 12.3 Å². The van der Waals surface area contributed by atoms with Crippen LogP contribution in [0.4, 0.5) is 13.9 Å². The summed E-state index contributed by atoms with van der Waals surface area (Å²) in [6.45, 7) is 6.73. The second-order valence-corrected chi connectivity index (χ2v) is 9.63. The van der Waals surface area contributed by atoms with Gasteiger partial charge in [0.2, 0.25) is 5.91 Å². The molecule has 0 aromatic carbocycles. The number of hydrogen-bond donors (Lipinski definition) is 1. The molecule has 1 saturated carbocycles. The Morgan fingerprint density at radius 1 is 1.17 bits per heavy atom. The highest BCUT2D eigenvalue weighted by molar-refractivity contribution is 7.15. The molecule has 170 valence electrons. The molecule has 2 aliphatic rings. The van der Waals surface area contributed by atoms with Gasteiger partial charge in [-0.25, -0.2) is 4.98 Å². The average Bonchev–Trinajstić information content (AvgIpc) is 3.13. The fourth-order valence-electron chi connectivity index (χ4n) is 4.86. The molecule has 3 rings (SSSR count). The Labute approximate surface area is 182 Å². The number of piperidine rings is 1. The number of nitrogens with one attached hydrogen (secondary N) is 1. The first-order chi connectivity index (χ1) is 14.3. The molecule has 8 heteroatoms. The van der Waals surface area contributed by atoms with Crippen molar-refractivity contribution in [1.29, 1.82) is 0 Å². The monoisotopic (exact) mass is 443 g/mol. The maximum Gasteiger partial charge on any atom is 0.315 e. The SMILES string of the molecule is CC(=O)Nc1ncc(C)s1.CC[C@@H](C1CCCCC1)C1CCN(C(=O)C(F)F)CC1. The molecule has 1 aromatic heterocycles. The predicted octanol–water partition coefficient (Wildman–Crippen LogP) is 5.51. The highest BCUT2D eigenvalue weighted by Gasteiger charge is 2.34. The Balaban J connectivity index is 0.000000269. The number of thiazole rings is 1. The van der Waals surface area contributed by atoms with E-state index in [4.69, 9.17) is 0 Å². The van der Waals surface area contributed by atoms with Crippen LogP contribution in [0.1, 0.15) is 70.1 Å². The zero-order valence-electron chi connectivity index (χ0n) is 18.3. The molecule has 2 amide bonds. The van der Waals surface area contributed by atoms with Crippen molar-refractivity contribution < 1.29 is 18.4 Å². The fraction of sp³-hybridized carbons (Fsp3) is 0.773. The van der Waals surface area contributed by atoms with E-state index in [-0.39, 0.29) is 5.91 Å². The maximum absolute atomic E-state index is 12.4. The van der Waals surface area contributed by atoms with Gasteiger partial charge in [-0.2, -0.15) is 8.78 Å². The lowest BCUT2D eigenvalue weighted by molar-refractivity contribution is -0.144. The van der Waals surface area contributed by atoms with Crippen LogP contribution in [-0.2, 0) is 9.59 Å². The number of aromatic nitrogens is 1. The van der Waals surface area contributed by atoms with Gasteiger partial charge in [0.05, 0.1) is 0 Å². The van der Waals surface area contributed by atoms with E-state index in [1.165, 1.54) is 61.7 Å². The minimum absolute atomic E-state index is 0.0747. The highest BCUT2D eigenvalue weighted by atomic mass is 32.1. The largest absolute Gasteiger partial charge is 0.338 e. The first kappa shape index (κ1) is 24.7. The summed E-state index contributed by atoms with van der Waals surface area (Å²) in [6, 6.07) is 0. The fourth-order valence-corrected chi connectivity index (χ4v) is 5.57. The molecular weight excluding hydrogens is 408 g/mol. The van der Waals surface area contributed by atoms with Crippen LogP contribution < -0.4 is 5.32 Å². The number of carbonyl (C=O) groups is 2. The van der Waals surface area contributed by atoms with Gasteiger partial charge in [0.15, 0.2) is 5.13 Å². The highest BCUT2D eigenvalue weighted by Crippen LogP contribution is 2.39. The summed E-state index contributed by atoms with van der Waals surface area (Å²) in [7, 11) is 0. The van der Waals surface area contributed by atoms with Gasteiger partial charge in [0, 0.05) is 31.1 Å². The second-order valence-electron chi connectivity index (χ2n) is 8.39. The number of anilines is 1. The summed E-state index contributed by atoms with van der Waals surface area (Å²) in [6.07, 6.45) is 8.66. The number of halogens is 2. The van der Waals surface area contributed by atoms with E-state index in [0.29, 0.717) is 24.1 Å². The zero-order valence-corrected chi connectivity index (χ0v) is 19.1. The molecule has 0 unspecified atom stereocenters. The number of aryl methyl sites for hydroxylation is 1. The Morgan fingerprint density at radius 3 is 2.23 bits per heavy atom. The molecular formula is C22H35F2N3O2S. The minimum atomic E-state index is -2.84. The van der Waals surface area contributed by atoms with Crippen molar-refractivity contribution in [2.45, 2.75) is 78.6 Å². The predicted molar refractivity (Wildman–Crippen MR) is 117 cm³/mol.